The van der Waals surface area contributed by atoms with E-state index in [1.807, 2.05) is 6.07 Å². The first-order chi connectivity index (χ1) is 11.6. The minimum absolute atomic E-state index is 0.146. The first-order valence-electron chi connectivity index (χ1n) is 7.13. The first kappa shape index (κ1) is 14.1. The van der Waals surface area contributed by atoms with E-state index < -0.39 is 5.91 Å². The van der Waals surface area contributed by atoms with Crippen molar-refractivity contribution in [1.82, 2.24) is 15.0 Å². The van der Waals surface area contributed by atoms with Gasteiger partial charge >= 0.3 is 0 Å². The first-order valence-corrected chi connectivity index (χ1v) is 7.13. The standard InChI is InChI=1S/C16H13N5O3/c17-15(22)9-6-11(10-3-4-19-16(18)21-10)20-14(9)8-1-2-12-13(5-8)24-7-23-12/h1-6,20H,7H2,(H2,17,22)(H2,18,19,21). The Morgan fingerprint density at radius 2 is 2.00 bits per heavy atom. The average molecular weight is 323 g/mol. The van der Waals surface area contributed by atoms with Gasteiger partial charge in [0.1, 0.15) is 0 Å². The van der Waals surface area contributed by atoms with E-state index in [1.54, 1.807) is 30.5 Å². The molecule has 0 spiro atoms. The summed E-state index contributed by atoms with van der Waals surface area (Å²) in [6.07, 6.45) is 1.54. The number of rotatable bonds is 3. The number of fused-ring (bicyclic) bond motifs is 1. The number of nitrogens with zero attached hydrogens (tertiary/aromatic N) is 2. The third-order valence-electron chi connectivity index (χ3n) is 3.69. The average Bonchev–Trinajstić information content (AvgIpc) is 3.21. The van der Waals surface area contributed by atoms with Gasteiger partial charge in [0.05, 0.1) is 22.6 Å². The van der Waals surface area contributed by atoms with Gasteiger partial charge in [-0.05, 0) is 30.3 Å². The number of nitrogens with one attached hydrogen (secondary N) is 1. The van der Waals surface area contributed by atoms with Crippen molar-refractivity contribution in [3.8, 4) is 34.1 Å². The number of anilines is 1. The van der Waals surface area contributed by atoms with Crippen LogP contribution in [0.2, 0.25) is 0 Å². The normalized spacial score (nSPS) is 12.3. The second-order valence-corrected chi connectivity index (χ2v) is 5.20. The van der Waals surface area contributed by atoms with Crippen LogP contribution in [0.5, 0.6) is 11.5 Å². The minimum atomic E-state index is -0.549. The van der Waals surface area contributed by atoms with E-state index in [-0.39, 0.29) is 12.7 Å². The van der Waals surface area contributed by atoms with E-state index in [4.69, 9.17) is 20.9 Å². The van der Waals surface area contributed by atoms with Crippen molar-refractivity contribution in [2.24, 2.45) is 5.73 Å². The molecule has 0 atom stereocenters. The van der Waals surface area contributed by atoms with Gasteiger partial charge in [0.25, 0.3) is 5.91 Å². The van der Waals surface area contributed by atoms with E-state index >= 15 is 0 Å². The highest BCUT2D eigenvalue weighted by Crippen LogP contribution is 2.37. The van der Waals surface area contributed by atoms with Gasteiger partial charge < -0.3 is 25.9 Å². The largest absolute Gasteiger partial charge is 0.454 e. The van der Waals surface area contributed by atoms with Gasteiger partial charge in [0.15, 0.2) is 11.5 Å². The van der Waals surface area contributed by atoms with Crippen LogP contribution in [0.1, 0.15) is 10.4 Å². The molecule has 0 bridgehead atoms. The molecule has 0 saturated heterocycles. The summed E-state index contributed by atoms with van der Waals surface area (Å²) in [5.41, 5.74) is 14.0. The van der Waals surface area contributed by atoms with E-state index in [1.165, 1.54) is 0 Å². The molecule has 120 valence electrons. The van der Waals surface area contributed by atoms with Crippen LogP contribution in [-0.4, -0.2) is 27.7 Å². The van der Waals surface area contributed by atoms with Crippen molar-refractivity contribution < 1.29 is 14.3 Å². The smallest absolute Gasteiger partial charge is 0.250 e. The molecule has 8 heteroatoms. The summed E-state index contributed by atoms with van der Waals surface area (Å²) in [5.74, 6) is 0.875. The van der Waals surface area contributed by atoms with Gasteiger partial charge in [0, 0.05) is 11.8 Å². The maximum absolute atomic E-state index is 11.8. The zero-order chi connectivity index (χ0) is 16.7. The van der Waals surface area contributed by atoms with Crippen LogP contribution in [0, 0.1) is 0 Å². The van der Waals surface area contributed by atoms with Crippen LogP contribution in [0.3, 0.4) is 0 Å². The lowest BCUT2D eigenvalue weighted by atomic mass is 10.1. The Balaban J connectivity index is 1.84. The number of aromatic amines is 1. The molecule has 8 nitrogen and oxygen atoms in total. The predicted molar refractivity (Wildman–Crippen MR) is 86.3 cm³/mol. The topological polar surface area (TPSA) is 129 Å². The van der Waals surface area contributed by atoms with Crippen molar-refractivity contribution in [1.29, 1.82) is 0 Å². The number of hydrogen-bond acceptors (Lipinski definition) is 6. The minimum Gasteiger partial charge on any atom is -0.454 e. The third-order valence-corrected chi connectivity index (χ3v) is 3.69. The highest BCUT2D eigenvalue weighted by Gasteiger charge is 2.19. The number of carbonyl (C=O) groups is 1. The van der Waals surface area contributed by atoms with Crippen molar-refractivity contribution in [2.45, 2.75) is 0 Å². The fraction of sp³-hybridized carbons (Fsp3) is 0.0625. The van der Waals surface area contributed by atoms with Gasteiger partial charge in [-0.1, -0.05) is 0 Å². The van der Waals surface area contributed by atoms with Gasteiger partial charge in [-0.25, -0.2) is 9.97 Å². The lowest BCUT2D eigenvalue weighted by molar-refractivity contribution is 0.100. The number of aromatic nitrogens is 3. The molecule has 5 N–H and O–H groups in total. The zero-order valence-electron chi connectivity index (χ0n) is 12.4. The van der Waals surface area contributed by atoms with Crippen LogP contribution in [0.4, 0.5) is 5.95 Å². The molecule has 1 amide bonds. The number of nitrogen functional groups attached to an aromatic ring is 1. The third kappa shape index (κ3) is 2.30. The number of benzene rings is 1. The lowest BCUT2D eigenvalue weighted by Crippen LogP contribution is -2.11. The fourth-order valence-corrected chi connectivity index (χ4v) is 2.59. The summed E-state index contributed by atoms with van der Waals surface area (Å²) >= 11 is 0. The molecule has 1 aliphatic heterocycles. The second-order valence-electron chi connectivity index (χ2n) is 5.20. The zero-order valence-corrected chi connectivity index (χ0v) is 12.4. The Kier molecular flexibility index (Phi) is 3.09. The van der Waals surface area contributed by atoms with Crippen LogP contribution in [0.25, 0.3) is 22.6 Å². The number of primary amides is 1. The Labute approximate surface area is 136 Å². The molecule has 0 saturated carbocycles. The summed E-state index contributed by atoms with van der Waals surface area (Å²) in [6.45, 7) is 0.178. The Hall–Kier alpha value is -3.55. The van der Waals surface area contributed by atoms with Gasteiger partial charge in [-0.2, -0.15) is 0 Å². The molecule has 0 unspecified atom stereocenters. The molecule has 1 aromatic carbocycles. The van der Waals surface area contributed by atoms with Crippen LogP contribution >= 0.6 is 0 Å². The van der Waals surface area contributed by atoms with Crippen LogP contribution < -0.4 is 20.9 Å². The summed E-state index contributed by atoms with van der Waals surface area (Å²) in [7, 11) is 0. The summed E-state index contributed by atoms with van der Waals surface area (Å²) in [6, 6.07) is 8.73. The maximum Gasteiger partial charge on any atom is 0.250 e. The van der Waals surface area contributed by atoms with Crippen molar-refractivity contribution in [3.63, 3.8) is 0 Å². The fourth-order valence-electron chi connectivity index (χ4n) is 2.59. The number of hydrogen-bond donors (Lipinski definition) is 3. The summed E-state index contributed by atoms with van der Waals surface area (Å²) < 4.78 is 10.7. The Morgan fingerprint density at radius 3 is 2.79 bits per heavy atom. The van der Waals surface area contributed by atoms with E-state index in [2.05, 4.69) is 15.0 Å². The van der Waals surface area contributed by atoms with Gasteiger partial charge in [0.2, 0.25) is 12.7 Å². The number of carbonyl (C=O) groups excluding carboxylic acids is 1. The molecule has 24 heavy (non-hydrogen) atoms. The molecule has 3 heterocycles. The summed E-state index contributed by atoms with van der Waals surface area (Å²) in [4.78, 5) is 23.0. The number of nitrogens with two attached hydrogens (primary N) is 2. The van der Waals surface area contributed by atoms with E-state index in [9.17, 15) is 4.79 Å². The van der Waals surface area contributed by atoms with Crippen LogP contribution in [-0.2, 0) is 0 Å². The molecule has 2 aromatic heterocycles. The van der Waals surface area contributed by atoms with Crippen molar-refractivity contribution >= 4 is 11.9 Å². The summed E-state index contributed by atoms with van der Waals surface area (Å²) in [5, 5.41) is 0. The quantitative estimate of drug-likeness (QED) is 0.670. The number of amides is 1. The highest BCUT2D eigenvalue weighted by molar-refractivity contribution is 6.00. The molecule has 3 aromatic rings. The highest BCUT2D eigenvalue weighted by atomic mass is 16.7. The van der Waals surface area contributed by atoms with Gasteiger partial charge in [-0.3, -0.25) is 4.79 Å². The molecular weight excluding hydrogens is 310 g/mol. The molecule has 4 rings (SSSR count). The molecular formula is C16H13N5O3. The monoisotopic (exact) mass is 323 g/mol. The lowest BCUT2D eigenvalue weighted by Gasteiger charge is -2.03. The Bertz CT molecular complexity index is 951. The second kappa shape index (κ2) is 5.27. The van der Waals surface area contributed by atoms with Crippen molar-refractivity contribution in [2.75, 3.05) is 12.5 Å². The number of H-pyrrole nitrogens is 1. The number of ether oxygens (including phenoxy) is 2. The maximum atomic E-state index is 11.8. The molecule has 0 radical (unpaired) electrons. The van der Waals surface area contributed by atoms with E-state index in [0.717, 1.165) is 5.56 Å². The van der Waals surface area contributed by atoms with Crippen molar-refractivity contribution in [3.05, 3.63) is 42.1 Å². The van der Waals surface area contributed by atoms with E-state index in [0.29, 0.717) is 34.1 Å². The molecule has 1 aliphatic rings. The molecule has 0 aliphatic carbocycles. The van der Waals surface area contributed by atoms with Gasteiger partial charge in [-0.15, -0.1) is 0 Å². The molecule has 0 fully saturated rings. The SMILES string of the molecule is NC(=O)c1cc(-c2ccnc(N)n2)[nH]c1-c1ccc2c(c1)OCO2. The Morgan fingerprint density at radius 1 is 1.17 bits per heavy atom. The predicted octanol–water partition coefficient (Wildman–Crippen LogP) is 1.55. The van der Waals surface area contributed by atoms with Crippen LogP contribution in [0.15, 0.2) is 36.5 Å².